The van der Waals surface area contributed by atoms with Gasteiger partial charge in [-0.15, -0.1) is 5.10 Å². The molecule has 10 heteroatoms. The summed E-state index contributed by atoms with van der Waals surface area (Å²) >= 11 is 5.85. The smallest absolute Gasteiger partial charge is 0.242 e. The Labute approximate surface area is 174 Å². The monoisotopic (exact) mass is 435 g/mol. The summed E-state index contributed by atoms with van der Waals surface area (Å²) in [6.07, 6.45) is 0.935. The number of carbonyl (C=O) groups is 1. The van der Waals surface area contributed by atoms with E-state index in [1.54, 1.807) is 22.9 Å². The number of carbonyl (C=O) groups excluding carboxylic acids is 1. The maximum atomic E-state index is 12.2. The van der Waals surface area contributed by atoms with Gasteiger partial charge < -0.3 is 5.32 Å². The zero-order valence-corrected chi connectivity index (χ0v) is 17.7. The summed E-state index contributed by atoms with van der Waals surface area (Å²) in [6.45, 7) is 0.954. The van der Waals surface area contributed by atoms with Gasteiger partial charge in [-0.1, -0.05) is 28.9 Å². The molecule has 154 valence electrons. The van der Waals surface area contributed by atoms with E-state index in [-0.39, 0.29) is 10.8 Å². The number of benzene rings is 2. The molecule has 0 unspecified atom stereocenters. The number of nitrogens with zero attached hydrogens (tertiary/aromatic N) is 4. The second-order valence-electron chi connectivity index (χ2n) is 6.76. The third kappa shape index (κ3) is 5.11. The van der Waals surface area contributed by atoms with Crippen molar-refractivity contribution in [3.05, 3.63) is 53.1 Å². The summed E-state index contributed by atoms with van der Waals surface area (Å²) in [7, 11) is -0.562. The van der Waals surface area contributed by atoms with Crippen molar-refractivity contribution in [2.45, 2.75) is 30.8 Å². The normalized spacial score (nSPS) is 11.9. The summed E-state index contributed by atoms with van der Waals surface area (Å²) in [5.74, 6) is -0.0521. The minimum Gasteiger partial charge on any atom is -0.352 e. The third-order valence-corrected chi connectivity index (χ3v) is 6.50. The van der Waals surface area contributed by atoms with Crippen molar-refractivity contribution in [2.24, 2.45) is 0 Å². The van der Waals surface area contributed by atoms with Crippen LogP contribution in [0.3, 0.4) is 0 Å². The van der Waals surface area contributed by atoms with Crippen molar-refractivity contribution >= 4 is 38.6 Å². The molecular weight excluding hydrogens is 414 g/mol. The van der Waals surface area contributed by atoms with Gasteiger partial charge in [0.15, 0.2) is 0 Å². The summed E-state index contributed by atoms with van der Waals surface area (Å²) in [6, 6.07) is 12.0. The molecule has 3 aromatic rings. The Balaban J connectivity index is 1.55. The van der Waals surface area contributed by atoms with E-state index in [0.717, 1.165) is 15.4 Å². The minimum absolute atomic E-state index is 0.0521. The number of hydrogen-bond acceptors (Lipinski definition) is 5. The number of fused-ring (bicyclic) bond motifs is 1. The molecule has 0 bridgehead atoms. The molecule has 0 fully saturated rings. The molecule has 0 saturated heterocycles. The Bertz CT molecular complexity index is 1110. The lowest BCUT2D eigenvalue weighted by molar-refractivity contribution is -0.121. The molecule has 29 heavy (non-hydrogen) atoms. The van der Waals surface area contributed by atoms with Gasteiger partial charge in [0.2, 0.25) is 15.9 Å². The van der Waals surface area contributed by atoms with Gasteiger partial charge in [0.25, 0.3) is 0 Å². The molecule has 0 aliphatic rings. The zero-order chi connectivity index (χ0) is 21.0. The topological polar surface area (TPSA) is 97.2 Å². The molecule has 0 atom stereocenters. The van der Waals surface area contributed by atoms with Crippen molar-refractivity contribution in [2.75, 3.05) is 14.1 Å². The van der Waals surface area contributed by atoms with Crippen molar-refractivity contribution in [3.8, 4) is 0 Å². The van der Waals surface area contributed by atoms with Gasteiger partial charge in [-0.3, -0.25) is 4.79 Å². The largest absolute Gasteiger partial charge is 0.352 e. The highest BCUT2D eigenvalue weighted by molar-refractivity contribution is 7.89. The van der Waals surface area contributed by atoms with Gasteiger partial charge in [-0.2, -0.15) is 0 Å². The van der Waals surface area contributed by atoms with E-state index in [2.05, 4.69) is 15.6 Å². The van der Waals surface area contributed by atoms with Gasteiger partial charge in [-0.25, -0.2) is 17.4 Å². The van der Waals surface area contributed by atoms with Crippen molar-refractivity contribution in [1.82, 2.24) is 24.6 Å². The van der Waals surface area contributed by atoms with Crippen LogP contribution in [0.1, 0.15) is 18.4 Å². The molecule has 0 aliphatic carbocycles. The van der Waals surface area contributed by atoms with Gasteiger partial charge in [0, 0.05) is 38.6 Å². The number of halogens is 1. The molecule has 2 aromatic carbocycles. The first-order chi connectivity index (χ1) is 13.8. The first-order valence-electron chi connectivity index (χ1n) is 9.04. The minimum atomic E-state index is -3.52. The lowest BCUT2D eigenvalue weighted by Gasteiger charge is -2.11. The predicted octanol–water partition coefficient (Wildman–Crippen LogP) is 2.43. The number of hydrogen-bond donors (Lipinski definition) is 1. The Morgan fingerprint density at radius 1 is 1.17 bits per heavy atom. The zero-order valence-electron chi connectivity index (χ0n) is 16.2. The number of rotatable bonds is 8. The highest BCUT2D eigenvalue weighted by Crippen LogP contribution is 2.19. The van der Waals surface area contributed by atoms with Crippen LogP contribution in [0.2, 0.25) is 5.02 Å². The fourth-order valence-corrected chi connectivity index (χ4v) is 3.82. The van der Waals surface area contributed by atoms with Crippen molar-refractivity contribution < 1.29 is 13.2 Å². The maximum absolute atomic E-state index is 12.2. The summed E-state index contributed by atoms with van der Waals surface area (Å²) in [4.78, 5) is 12.2. The van der Waals surface area contributed by atoms with E-state index in [4.69, 9.17) is 11.6 Å². The van der Waals surface area contributed by atoms with Crippen molar-refractivity contribution in [1.29, 1.82) is 0 Å². The highest BCUT2D eigenvalue weighted by Gasteiger charge is 2.18. The summed E-state index contributed by atoms with van der Waals surface area (Å²) in [5, 5.41) is 11.7. The Kier molecular flexibility index (Phi) is 6.51. The molecule has 1 amide bonds. The maximum Gasteiger partial charge on any atom is 0.242 e. The van der Waals surface area contributed by atoms with Crippen LogP contribution in [0.4, 0.5) is 0 Å². The molecule has 0 saturated carbocycles. The average molecular weight is 436 g/mol. The number of aromatic nitrogens is 3. The first-order valence-corrected chi connectivity index (χ1v) is 10.9. The fourth-order valence-electron chi connectivity index (χ4n) is 2.77. The van der Waals surface area contributed by atoms with Crippen LogP contribution < -0.4 is 5.32 Å². The predicted molar refractivity (Wildman–Crippen MR) is 111 cm³/mol. The second-order valence-corrected chi connectivity index (χ2v) is 9.35. The number of aryl methyl sites for hydroxylation is 1. The Morgan fingerprint density at radius 2 is 1.90 bits per heavy atom. The van der Waals surface area contributed by atoms with E-state index in [0.29, 0.717) is 36.5 Å². The van der Waals surface area contributed by atoms with Gasteiger partial charge in [-0.05, 0) is 42.3 Å². The van der Waals surface area contributed by atoms with Crippen LogP contribution in [-0.2, 0) is 27.9 Å². The summed E-state index contributed by atoms with van der Waals surface area (Å²) < 4.78 is 27.3. The van der Waals surface area contributed by atoms with E-state index in [9.17, 15) is 13.2 Å². The van der Waals surface area contributed by atoms with Crippen LogP contribution >= 0.6 is 11.6 Å². The molecule has 8 nitrogen and oxygen atoms in total. The van der Waals surface area contributed by atoms with Crippen LogP contribution in [0.15, 0.2) is 47.4 Å². The fraction of sp³-hybridized carbons (Fsp3) is 0.316. The van der Waals surface area contributed by atoms with Crippen LogP contribution in [0, 0.1) is 0 Å². The van der Waals surface area contributed by atoms with Crippen LogP contribution in [-0.4, -0.2) is 47.7 Å². The second kappa shape index (κ2) is 8.89. The molecule has 0 spiro atoms. The van der Waals surface area contributed by atoms with E-state index < -0.39 is 10.0 Å². The van der Waals surface area contributed by atoms with Crippen molar-refractivity contribution in [3.63, 3.8) is 0 Å². The molecular formula is C19H22ClN5O3S. The average Bonchev–Trinajstić information content (AvgIpc) is 3.10. The lowest BCUT2D eigenvalue weighted by Crippen LogP contribution is -2.22. The highest BCUT2D eigenvalue weighted by atomic mass is 35.5. The number of sulfonamides is 1. The Hall–Kier alpha value is -2.49. The third-order valence-electron chi connectivity index (χ3n) is 4.44. The first kappa shape index (κ1) is 21.2. The molecule has 1 heterocycles. The number of amides is 1. The number of nitrogens with one attached hydrogen (secondary N) is 1. The van der Waals surface area contributed by atoms with Gasteiger partial charge in [0.05, 0.1) is 10.4 Å². The van der Waals surface area contributed by atoms with E-state index >= 15 is 0 Å². The SMILES string of the molecule is CN(C)S(=O)(=O)c1ccc2c(c1)nnn2CCCC(=O)NCc1ccc(Cl)cc1. The van der Waals surface area contributed by atoms with Crippen LogP contribution in [0.5, 0.6) is 0 Å². The molecule has 3 rings (SSSR count). The standard InChI is InChI=1S/C19H22ClN5O3S/c1-24(2)29(27,28)16-9-10-18-17(12-16)22-23-25(18)11-3-4-19(26)21-13-14-5-7-15(20)8-6-14/h5-10,12H,3-4,11,13H2,1-2H3,(H,21,26). The summed E-state index contributed by atoms with van der Waals surface area (Å²) in [5.41, 5.74) is 2.21. The van der Waals surface area contributed by atoms with E-state index in [1.807, 2.05) is 12.1 Å². The lowest BCUT2D eigenvalue weighted by atomic mass is 10.2. The van der Waals surface area contributed by atoms with E-state index in [1.165, 1.54) is 26.2 Å². The van der Waals surface area contributed by atoms with Gasteiger partial charge >= 0.3 is 0 Å². The molecule has 1 N–H and O–H groups in total. The Morgan fingerprint density at radius 3 is 2.59 bits per heavy atom. The molecule has 1 aromatic heterocycles. The molecule has 0 radical (unpaired) electrons. The van der Waals surface area contributed by atoms with Gasteiger partial charge in [0.1, 0.15) is 5.52 Å². The quantitative estimate of drug-likeness (QED) is 0.586. The van der Waals surface area contributed by atoms with Crippen LogP contribution in [0.25, 0.3) is 11.0 Å². The molecule has 0 aliphatic heterocycles.